The van der Waals surface area contributed by atoms with Gasteiger partial charge >= 0.3 is 0 Å². The minimum Gasteiger partial charge on any atom is -0.317 e. The van der Waals surface area contributed by atoms with Crippen LogP contribution < -0.4 is 5.32 Å². The van der Waals surface area contributed by atoms with Crippen molar-refractivity contribution in [2.75, 3.05) is 13.1 Å². The van der Waals surface area contributed by atoms with E-state index in [1.807, 2.05) is 0 Å². The first kappa shape index (κ1) is 14.3. The number of rotatable bonds is 4. The van der Waals surface area contributed by atoms with E-state index in [0.717, 1.165) is 32.5 Å². The zero-order valence-electron chi connectivity index (χ0n) is 11.8. The van der Waals surface area contributed by atoms with Gasteiger partial charge in [0.15, 0.2) is 5.03 Å². The maximum Gasteiger partial charge on any atom is 0.225 e. The van der Waals surface area contributed by atoms with Crippen LogP contribution in [0.4, 0.5) is 0 Å². The van der Waals surface area contributed by atoms with E-state index in [1.165, 1.54) is 0 Å². The molecule has 2 aromatic rings. The van der Waals surface area contributed by atoms with Gasteiger partial charge in [-0.3, -0.25) is 4.68 Å². The van der Waals surface area contributed by atoms with E-state index in [2.05, 4.69) is 10.4 Å². The molecule has 0 bridgehead atoms. The van der Waals surface area contributed by atoms with E-state index in [9.17, 15) is 8.42 Å². The summed E-state index contributed by atoms with van der Waals surface area (Å²) in [6.07, 6.45) is 3.99. The highest BCUT2D eigenvalue weighted by Crippen LogP contribution is 2.20. The summed E-state index contributed by atoms with van der Waals surface area (Å²) in [7, 11) is -3.50. The third kappa shape index (κ3) is 3.16. The highest BCUT2D eigenvalue weighted by molar-refractivity contribution is 7.91. The first-order valence-corrected chi connectivity index (χ1v) is 8.69. The molecule has 0 aliphatic carbocycles. The number of hydrogen-bond acceptors (Lipinski definition) is 4. The largest absolute Gasteiger partial charge is 0.317 e. The predicted octanol–water partition coefficient (Wildman–Crippen LogP) is 1.72. The number of aromatic nitrogens is 2. The van der Waals surface area contributed by atoms with Gasteiger partial charge in [-0.1, -0.05) is 18.2 Å². The third-order valence-electron chi connectivity index (χ3n) is 3.85. The highest BCUT2D eigenvalue weighted by atomic mass is 32.2. The maximum absolute atomic E-state index is 12.5. The Balaban J connectivity index is 1.78. The summed E-state index contributed by atoms with van der Waals surface area (Å²) in [5.74, 6) is 0.568. The monoisotopic (exact) mass is 305 g/mol. The molecule has 0 unspecified atom stereocenters. The Hall–Kier alpha value is -1.66. The first-order chi connectivity index (χ1) is 10.2. The molecule has 0 saturated carbocycles. The van der Waals surface area contributed by atoms with E-state index in [4.69, 9.17) is 0 Å². The molecular weight excluding hydrogens is 286 g/mol. The molecule has 0 spiro atoms. The van der Waals surface area contributed by atoms with Gasteiger partial charge in [0.05, 0.1) is 4.90 Å². The molecule has 112 valence electrons. The molecule has 0 amide bonds. The van der Waals surface area contributed by atoms with Crippen LogP contribution in [-0.2, 0) is 16.4 Å². The van der Waals surface area contributed by atoms with Gasteiger partial charge in [0.1, 0.15) is 0 Å². The van der Waals surface area contributed by atoms with Crippen molar-refractivity contribution in [3.8, 4) is 0 Å². The van der Waals surface area contributed by atoms with Crippen LogP contribution in [0.5, 0.6) is 0 Å². The molecule has 5 nitrogen and oxygen atoms in total. The Morgan fingerprint density at radius 2 is 1.86 bits per heavy atom. The fourth-order valence-electron chi connectivity index (χ4n) is 2.64. The first-order valence-electron chi connectivity index (χ1n) is 7.20. The molecule has 0 atom stereocenters. The lowest BCUT2D eigenvalue weighted by atomic mass is 9.98. The Morgan fingerprint density at radius 1 is 1.14 bits per heavy atom. The van der Waals surface area contributed by atoms with Gasteiger partial charge in [-0.15, -0.1) is 0 Å². The van der Waals surface area contributed by atoms with Gasteiger partial charge in [0.2, 0.25) is 9.84 Å². The van der Waals surface area contributed by atoms with Crippen molar-refractivity contribution in [2.45, 2.75) is 29.3 Å². The molecule has 3 rings (SSSR count). The van der Waals surface area contributed by atoms with Crippen LogP contribution in [0.3, 0.4) is 0 Å². The van der Waals surface area contributed by atoms with Crippen molar-refractivity contribution < 1.29 is 8.42 Å². The summed E-state index contributed by atoms with van der Waals surface area (Å²) in [5, 5.41) is 7.71. The number of piperidine rings is 1. The molecule has 1 saturated heterocycles. The molecule has 1 aromatic carbocycles. The molecule has 1 aliphatic heterocycles. The van der Waals surface area contributed by atoms with E-state index in [-0.39, 0.29) is 9.92 Å². The normalized spacial score (nSPS) is 17.0. The smallest absolute Gasteiger partial charge is 0.225 e. The summed E-state index contributed by atoms with van der Waals surface area (Å²) in [4.78, 5) is 0.289. The number of nitrogens with zero attached hydrogens (tertiary/aromatic N) is 2. The third-order valence-corrected chi connectivity index (χ3v) is 5.51. The fourth-order valence-corrected chi connectivity index (χ4v) is 3.85. The predicted molar refractivity (Wildman–Crippen MR) is 79.7 cm³/mol. The zero-order valence-corrected chi connectivity index (χ0v) is 12.6. The Morgan fingerprint density at radius 3 is 2.57 bits per heavy atom. The van der Waals surface area contributed by atoms with Crippen molar-refractivity contribution in [3.05, 3.63) is 42.6 Å². The number of hydrogen-bond donors (Lipinski definition) is 1. The molecule has 1 aromatic heterocycles. The average Bonchev–Trinajstić information content (AvgIpc) is 2.98. The second-order valence-electron chi connectivity index (χ2n) is 5.39. The second-order valence-corrected chi connectivity index (χ2v) is 7.28. The van der Waals surface area contributed by atoms with Crippen LogP contribution in [0.2, 0.25) is 0 Å². The summed E-state index contributed by atoms with van der Waals surface area (Å²) in [6, 6.07) is 10.0. The second kappa shape index (κ2) is 5.99. The van der Waals surface area contributed by atoms with Crippen molar-refractivity contribution in [3.63, 3.8) is 0 Å². The molecule has 0 radical (unpaired) electrons. The average molecular weight is 305 g/mol. The van der Waals surface area contributed by atoms with E-state index >= 15 is 0 Å². The molecule has 21 heavy (non-hydrogen) atoms. The molecule has 1 N–H and O–H groups in total. The van der Waals surface area contributed by atoms with Gasteiger partial charge in [-0.2, -0.15) is 5.10 Å². The van der Waals surface area contributed by atoms with Crippen molar-refractivity contribution in [2.24, 2.45) is 5.92 Å². The van der Waals surface area contributed by atoms with Crippen LogP contribution in [-0.4, -0.2) is 31.3 Å². The van der Waals surface area contributed by atoms with Crippen LogP contribution in [0.25, 0.3) is 0 Å². The van der Waals surface area contributed by atoms with Crippen molar-refractivity contribution in [1.29, 1.82) is 0 Å². The minimum absolute atomic E-state index is 0.127. The van der Waals surface area contributed by atoms with Crippen LogP contribution >= 0.6 is 0 Å². The molecule has 1 fully saturated rings. The Kier molecular flexibility index (Phi) is 4.07. The lowest BCUT2D eigenvalue weighted by Crippen LogP contribution is -2.30. The van der Waals surface area contributed by atoms with Gasteiger partial charge in [-0.25, -0.2) is 8.42 Å². The van der Waals surface area contributed by atoms with Crippen LogP contribution in [0.1, 0.15) is 12.8 Å². The molecule has 6 heteroatoms. The van der Waals surface area contributed by atoms with Crippen LogP contribution in [0.15, 0.2) is 52.5 Å². The van der Waals surface area contributed by atoms with Gasteiger partial charge in [0.25, 0.3) is 0 Å². The molecule has 2 heterocycles. The summed E-state index contributed by atoms with van der Waals surface area (Å²) in [5.41, 5.74) is 0. The van der Waals surface area contributed by atoms with Gasteiger partial charge < -0.3 is 5.32 Å². The summed E-state index contributed by atoms with van der Waals surface area (Å²) in [6.45, 7) is 2.84. The summed E-state index contributed by atoms with van der Waals surface area (Å²) < 4.78 is 26.7. The van der Waals surface area contributed by atoms with E-state index in [0.29, 0.717) is 5.92 Å². The van der Waals surface area contributed by atoms with Crippen LogP contribution in [0, 0.1) is 5.92 Å². The zero-order chi connectivity index (χ0) is 14.7. The highest BCUT2D eigenvalue weighted by Gasteiger charge is 2.21. The number of sulfone groups is 1. The minimum atomic E-state index is -3.50. The molecular formula is C15H19N3O2S. The van der Waals surface area contributed by atoms with Crippen molar-refractivity contribution in [1.82, 2.24) is 15.1 Å². The van der Waals surface area contributed by atoms with E-state index in [1.54, 1.807) is 47.3 Å². The Bertz CT molecular complexity index is 689. The summed E-state index contributed by atoms with van der Waals surface area (Å²) >= 11 is 0. The van der Waals surface area contributed by atoms with E-state index < -0.39 is 9.84 Å². The molecule has 1 aliphatic rings. The van der Waals surface area contributed by atoms with Gasteiger partial charge in [0, 0.05) is 12.7 Å². The Labute approximate surface area is 124 Å². The lowest BCUT2D eigenvalue weighted by Gasteiger charge is -2.22. The maximum atomic E-state index is 12.5. The fraction of sp³-hybridized carbons (Fsp3) is 0.400. The van der Waals surface area contributed by atoms with Crippen molar-refractivity contribution >= 4 is 9.84 Å². The number of benzene rings is 1. The lowest BCUT2D eigenvalue weighted by molar-refractivity contribution is 0.319. The number of nitrogens with one attached hydrogen (secondary N) is 1. The SMILES string of the molecule is O=S(=O)(c1ccccc1)c1ccn(CC2CCNCC2)n1. The van der Waals surface area contributed by atoms with Gasteiger partial charge in [-0.05, 0) is 50.0 Å². The topological polar surface area (TPSA) is 64.0 Å². The quantitative estimate of drug-likeness (QED) is 0.934. The standard InChI is InChI=1S/C15H19N3O2S/c19-21(20,14-4-2-1-3-5-14)15-8-11-18(17-15)12-13-6-9-16-10-7-13/h1-5,8,11,13,16H,6-7,9-10,12H2.